The number of fused-ring (bicyclic) bond motifs is 1. The summed E-state index contributed by atoms with van der Waals surface area (Å²) in [6.45, 7) is 0.607. The van der Waals surface area contributed by atoms with Crippen molar-refractivity contribution in [1.29, 1.82) is 0 Å². The van der Waals surface area contributed by atoms with Gasteiger partial charge >= 0.3 is 0 Å². The normalized spacial score (nSPS) is 11.0. The van der Waals surface area contributed by atoms with Gasteiger partial charge in [-0.3, -0.25) is 0 Å². The Labute approximate surface area is 147 Å². The number of hydrogen-bond acceptors (Lipinski definition) is 4. The number of ether oxygens (including phenoxy) is 1. The number of nitrogens with zero attached hydrogens (tertiary/aromatic N) is 1. The molecule has 4 nitrogen and oxygen atoms in total. The van der Waals surface area contributed by atoms with Gasteiger partial charge in [-0.2, -0.15) is 0 Å². The first-order chi connectivity index (χ1) is 11.1. The summed E-state index contributed by atoms with van der Waals surface area (Å²) in [7, 11) is 0. The Bertz CT molecular complexity index is 767. The van der Waals surface area contributed by atoms with E-state index in [0.717, 1.165) is 34.1 Å². The molecule has 0 amide bonds. The van der Waals surface area contributed by atoms with Crippen molar-refractivity contribution in [2.75, 3.05) is 12.4 Å². The Morgan fingerprint density at radius 3 is 2.65 bits per heavy atom. The summed E-state index contributed by atoms with van der Waals surface area (Å²) in [4.78, 5) is 7.69. The molecule has 23 heavy (non-hydrogen) atoms. The third-order valence-corrected chi connectivity index (χ3v) is 4.82. The first-order valence-corrected chi connectivity index (χ1v) is 8.75. The first kappa shape index (κ1) is 16.3. The molecule has 7 heteroatoms. The topological polar surface area (TPSA) is 58.1 Å². The maximum absolute atomic E-state index is 9.20. The minimum atomic E-state index is 0.234. The number of phenolic OH excluding ortho intramolecular Hbond substituents is 1. The van der Waals surface area contributed by atoms with Crippen LogP contribution in [0, 0.1) is 0 Å². The lowest BCUT2D eigenvalue weighted by molar-refractivity contribution is 0.318. The third-order valence-electron chi connectivity index (χ3n) is 3.14. The number of hydrogen-bond donors (Lipinski definition) is 2. The molecule has 3 aromatic rings. The molecule has 0 aliphatic carbocycles. The van der Waals surface area contributed by atoms with Gasteiger partial charge in [-0.05, 0) is 42.8 Å². The van der Waals surface area contributed by atoms with Crippen LogP contribution in [-0.2, 0) is 0 Å². The van der Waals surface area contributed by atoms with E-state index in [2.05, 4.69) is 9.97 Å². The van der Waals surface area contributed by atoms with Crippen LogP contribution in [0.1, 0.15) is 6.42 Å². The lowest BCUT2D eigenvalue weighted by Crippen LogP contribution is -1.98. The number of aromatic nitrogens is 2. The highest BCUT2D eigenvalue weighted by Gasteiger charge is 2.07. The number of imidazole rings is 1. The van der Waals surface area contributed by atoms with Gasteiger partial charge in [0.25, 0.3) is 0 Å². The molecule has 3 rings (SSSR count). The van der Waals surface area contributed by atoms with Gasteiger partial charge in [-0.25, -0.2) is 4.98 Å². The fourth-order valence-electron chi connectivity index (χ4n) is 2.01. The van der Waals surface area contributed by atoms with Crippen molar-refractivity contribution < 1.29 is 9.84 Å². The molecule has 0 aliphatic heterocycles. The van der Waals surface area contributed by atoms with Crippen molar-refractivity contribution in [3.05, 3.63) is 46.4 Å². The molecule has 1 heterocycles. The second-order valence-corrected chi connectivity index (χ2v) is 6.77. The molecule has 120 valence electrons. The maximum Gasteiger partial charge on any atom is 0.166 e. The van der Waals surface area contributed by atoms with Crippen molar-refractivity contribution in [3.8, 4) is 11.5 Å². The molecule has 0 saturated carbocycles. The number of thioether (sulfide) groups is 1. The van der Waals surface area contributed by atoms with Crippen LogP contribution in [0.3, 0.4) is 0 Å². The zero-order valence-corrected chi connectivity index (χ0v) is 14.4. The lowest BCUT2D eigenvalue weighted by Gasteiger charge is -2.05. The molecule has 2 N–H and O–H groups in total. The summed E-state index contributed by atoms with van der Waals surface area (Å²) in [5.74, 6) is 1.86. The van der Waals surface area contributed by atoms with E-state index in [4.69, 9.17) is 27.9 Å². The smallest absolute Gasteiger partial charge is 0.166 e. The molecular formula is C16H14Cl2N2O2S. The molecule has 0 spiro atoms. The second kappa shape index (κ2) is 7.34. The largest absolute Gasteiger partial charge is 0.508 e. The SMILES string of the molecule is Oc1ccc(OCCCSc2nc3cc(Cl)c(Cl)cc3[nH]2)cc1. The summed E-state index contributed by atoms with van der Waals surface area (Å²) >= 11 is 13.6. The average molecular weight is 369 g/mol. The van der Waals surface area contributed by atoms with Gasteiger partial charge in [-0.1, -0.05) is 35.0 Å². The van der Waals surface area contributed by atoms with E-state index in [9.17, 15) is 5.11 Å². The van der Waals surface area contributed by atoms with Crippen molar-refractivity contribution in [3.63, 3.8) is 0 Å². The van der Waals surface area contributed by atoms with E-state index in [1.54, 1.807) is 48.2 Å². The molecule has 0 unspecified atom stereocenters. The van der Waals surface area contributed by atoms with Crippen LogP contribution in [0.15, 0.2) is 41.6 Å². The highest BCUT2D eigenvalue weighted by molar-refractivity contribution is 7.99. The minimum Gasteiger partial charge on any atom is -0.508 e. The third kappa shape index (κ3) is 4.25. The summed E-state index contributed by atoms with van der Waals surface area (Å²) in [5.41, 5.74) is 1.68. The summed E-state index contributed by atoms with van der Waals surface area (Å²) in [6, 6.07) is 10.2. The Kier molecular flexibility index (Phi) is 5.20. The summed E-state index contributed by atoms with van der Waals surface area (Å²) in [6.07, 6.45) is 0.879. The zero-order chi connectivity index (χ0) is 16.2. The highest BCUT2D eigenvalue weighted by Crippen LogP contribution is 2.28. The molecule has 0 saturated heterocycles. The highest BCUT2D eigenvalue weighted by atomic mass is 35.5. The summed E-state index contributed by atoms with van der Waals surface area (Å²) < 4.78 is 5.60. The van der Waals surface area contributed by atoms with Gasteiger partial charge in [0.1, 0.15) is 11.5 Å². The number of aromatic hydroxyl groups is 1. The molecule has 2 aromatic carbocycles. The Balaban J connectivity index is 1.48. The van der Waals surface area contributed by atoms with Crippen LogP contribution in [0.25, 0.3) is 11.0 Å². The van der Waals surface area contributed by atoms with Gasteiger partial charge in [-0.15, -0.1) is 0 Å². The zero-order valence-electron chi connectivity index (χ0n) is 12.1. The van der Waals surface area contributed by atoms with Crippen molar-refractivity contribution in [2.24, 2.45) is 0 Å². The molecule has 0 aliphatic rings. The van der Waals surface area contributed by atoms with Crippen LogP contribution >= 0.6 is 35.0 Å². The Morgan fingerprint density at radius 2 is 1.87 bits per heavy atom. The van der Waals surface area contributed by atoms with E-state index < -0.39 is 0 Å². The van der Waals surface area contributed by atoms with E-state index in [1.807, 2.05) is 0 Å². The van der Waals surface area contributed by atoms with E-state index >= 15 is 0 Å². The number of benzene rings is 2. The fraction of sp³-hybridized carbons (Fsp3) is 0.188. The standard InChI is InChI=1S/C16H14Cl2N2O2S/c17-12-8-14-15(9-13(12)18)20-16(19-14)23-7-1-6-22-11-4-2-10(21)3-5-11/h2-5,8-9,21H,1,6-7H2,(H,19,20). The number of aromatic amines is 1. The number of phenols is 1. The Morgan fingerprint density at radius 1 is 1.13 bits per heavy atom. The van der Waals surface area contributed by atoms with Crippen molar-refractivity contribution in [2.45, 2.75) is 11.6 Å². The van der Waals surface area contributed by atoms with Gasteiger partial charge in [0.15, 0.2) is 5.16 Å². The molecule has 1 aromatic heterocycles. The first-order valence-electron chi connectivity index (χ1n) is 7.01. The molecule has 0 bridgehead atoms. The van der Waals surface area contributed by atoms with Gasteiger partial charge in [0, 0.05) is 5.75 Å². The molecular weight excluding hydrogens is 355 g/mol. The van der Waals surface area contributed by atoms with Crippen LogP contribution in [0.2, 0.25) is 10.0 Å². The van der Waals surface area contributed by atoms with Gasteiger partial charge < -0.3 is 14.8 Å². The van der Waals surface area contributed by atoms with Crippen molar-refractivity contribution >= 4 is 46.0 Å². The average Bonchev–Trinajstić information content (AvgIpc) is 2.91. The van der Waals surface area contributed by atoms with E-state index in [1.165, 1.54) is 0 Å². The monoisotopic (exact) mass is 368 g/mol. The summed E-state index contributed by atoms with van der Waals surface area (Å²) in [5, 5.41) is 11.1. The number of nitrogens with one attached hydrogen (secondary N) is 1. The molecule has 0 fully saturated rings. The second-order valence-electron chi connectivity index (χ2n) is 4.87. The molecule has 0 atom stereocenters. The van der Waals surface area contributed by atoms with Gasteiger partial charge in [0.2, 0.25) is 0 Å². The molecule has 0 radical (unpaired) electrons. The predicted octanol–water partition coefficient (Wildman–Crippen LogP) is 5.14. The fourth-order valence-corrected chi connectivity index (χ4v) is 3.13. The quantitative estimate of drug-likeness (QED) is 0.467. The minimum absolute atomic E-state index is 0.234. The lowest BCUT2D eigenvalue weighted by atomic mass is 10.3. The maximum atomic E-state index is 9.20. The van der Waals surface area contributed by atoms with E-state index in [-0.39, 0.29) is 5.75 Å². The number of H-pyrrole nitrogens is 1. The number of halogens is 2. The predicted molar refractivity (Wildman–Crippen MR) is 95.1 cm³/mol. The van der Waals surface area contributed by atoms with Crippen LogP contribution < -0.4 is 4.74 Å². The van der Waals surface area contributed by atoms with Gasteiger partial charge in [0.05, 0.1) is 27.7 Å². The van der Waals surface area contributed by atoms with E-state index in [0.29, 0.717) is 16.7 Å². The van der Waals surface area contributed by atoms with Crippen LogP contribution in [-0.4, -0.2) is 27.4 Å². The van der Waals surface area contributed by atoms with Crippen LogP contribution in [0.5, 0.6) is 11.5 Å². The number of rotatable bonds is 6. The van der Waals surface area contributed by atoms with Crippen LogP contribution in [0.4, 0.5) is 0 Å². The Hall–Kier alpha value is -1.56. The van der Waals surface area contributed by atoms with Crippen molar-refractivity contribution in [1.82, 2.24) is 9.97 Å².